The Kier molecular flexibility index (Phi) is 4.18. The number of hydrogen-bond donors (Lipinski definition) is 0. The summed E-state index contributed by atoms with van der Waals surface area (Å²) in [5.74, 6) is 0. The summed E-state index contributed by atoms with van der Waals surface area (Å²) >= 11 is 1.87. The van der Waals surface area contributed by atoms with Crippen molar-refractivity contribution in [3.8, 4) is 16.8 Å². The lowest BCUT2D eigenvalue weighted by Gasteiger charge is -2.24. The minimum Gasteiger partial charge on any atom is -0.455 e. The smallest absolute Gasteiger partial charge is 0.146 e. The highest BCUT2D eigenvalue weighted by atomic mass is 32.1. The minimum atomic E-state index is -0.192. The molecule has 0 fully saturated rings. The maximum Gasteiger partial charge on any atom is 0.146 e. The molecular formula is C39H25NOS. The van der Waals surface area contributed by atoms with E-state index < -0.39 is 0 Å². The van der Waals surface area contributed by atoms with Crippen molar-refractivity contribution in [1.29, 1.82) is 0 Å². The fourth-order valence-corrected chi connectivity index (χ4v) is 8.89. The van der Waals surface area contributed by atoms with E-state index in [1.807, 2.05) is 11.3 Å². The van der Waals surface area contributed by atoms with Crippen molar-refractivity contribution in [3.05, 3.63) is 126 Å². The number of hydrogen-bond acceptors (Lipinski definition) is 2. The van der Waals surface area contributed by atoms with Crippen molar-refractivity contribution < 1.29 is 4.42 Å². The summed E-state index contributed by atoms with van der Waals surface area (Å²) in [5.41, 5.74) is 10.7. The van der Waals surface area contributed by atoms with Crippen molar-refractivity contribution in [2.75, 3.05) is 0 Å². The highest BCUT2D eigenvalue weighted by molar-refractivity contribution is 7.25. The van der Waals surface area contributed by atoms with Crippen LogP contribution in [0.25, 0.3) is 80.7 Å². The van der Waals surface area contributed by atoms with E-state index in [1.54, 1.807) is 0 Å². The SMILES string of the molecule is CC1(C)c2ccccc2-c2c1c1c(c3ccccc3n1-c1ccc3sc4ccccc4c3c1)c1oc3ccccc3c21. The van der Waals surface area contributed by atoms with Crippen molar-refractivity contribution in [1.82, 2.24) is 4.57 Å². The van der Waals surface area contributed by atoms with Gasteiger partial charge >= 0.3 is 0 Å². The van der Waals surface area contributed by atoms with Gasteiger partial charge in [0.15, 0.2) is 0 Å². The molecule has 3 heterocycles. The van der Waals surface area contributed by atoms with Crippen LogP contribution in [0, 0.1) is 0 Å². The predicted octanol–water partition coefficient (Wildman–Crippen LogP) is 11.4. The van der Waals surface area contributed by atoms with Crippen LogP contribution in [-0.4, -0.2) is 4.57 Å². The van der Waals surface area contributed by atoms with Gasteiger partial charge in [-0.25, -0.2) is 0 Å². The molecule has 0 amide bonds. The van der Waals surface area contributed by atoms with Crippen LogP contribution in [0.4, 0.5) is 0 Å². The molecule has 3 heteroatoms. The summed E-state index contributed by atoms with van der Waals surface area (Å²) in [6.45, 7) is 4.78. The first-order valence-electron chi connectivity index (χ1n) is 14.5. The van der Waals surface area contributed by atoms with Crippen LogP contribution in [0.15, 0.2) is 120 Å². The number of nitrogens with zero attached hydrogens (tertiary/aromatic N) is 1. The Morgan fingerprint density at radius 3 is 2.26 bits per heavy atom. The van der Waals surface area contributed by atoms with Crippen LogP contribution in [0.2, 0.25) is 0 Å². The predicted molar refractivity (Wildman–Crippen MR) is 179 cm³/mol. The fourth-order valence-electron chi connectivity index (χ4n) is 7.80. The van der Waals surface area contributed by atoms with Crippen molar-refractivity contribution >= 4 is 75.3 Å². The highest BCUT2D eigenvalue weighted by Crippen LogP contribution is 2.57. The average molecular weight is 556 g/mol. The third kappa shape index (κ3) is 2.66. The number of benzene rings is 6. The van der Waals surface area contributed by atoms with Crippen LogP contribution >= 0.6 is 11.3 Å². The van der Waals surface area contributed by atoms with E-state index >= 15 is 0 Å². The zero-order chi connectivity index (χ0) is 27.7. The lowest BCUT2D eigenvalue weighted by Crippen LogP contribution is -2.16. The molecule has 0 aliphatic heterocycles. The molecule has 1 aliphatic rings. The van der Waals surface area contributed by atoms with E-state index in [-0.39, 0.29) is 5.41 Å². The number of fused-ring (bicyclic) bond motifs is 15. The molecule has 0 radical (unpaired) electrons. The Morgan fingerprint density at radius 1 is 0.643 bits per heavy atom. The monoisotopic (exact) mass is 555 g/mol. The molecule has 6 aromatic carbocycles. The van der Waals surface area contributed by atoms with E-state index in [0.29, 0.717) is 0 Å². The maximum atomic E-state index is 6.84. The second-order valence-electron chi connectivity index (χ2n) is 12.1. The number of rotatable bonds is 1. The van der Waals surface area contributed by atoms with Crippen LogP contribution in [0.1, 0.15) is 25.0 Å². The van der Waals surface area contributed by atoms with Crippen molar-refractivity contribution in [3.63, 3.8) is 0 Å². The quantitative estimate of drug-likeness (QED) is 0.197. The Balaban J connectivity index is 1.48. The highest BCUT2D eigenvalue weighted by Gasteiger charge is 2.41. The Labute approximate surface area is 246 Å². The summed E-state index contributed by atoms with van der Waals surface area (Å²) in [6.07, 6.45) is 0. The standard InChI is InChI=1S/C39H25NOS/c1-39(2)28-15-7-3-12-24(28)33-34-26-14-5-9-17-30(26)41-38(34)35-25-13-4-8-16-29(25)40(37(35)36(33)39)22-19-20-32-27(21-22)23-11-6-10-18-31(23)42-32/h3-21H,1-2H3. The van der Waals surface area contributed by atoms with Gasteiger partial charge in [0, 0.05) is 47.4 Å². The molecule has 10 rings (SSSR count). The molecule has 3 aromatic heterocycles. The molecule has 0 saturated carbocycles. The lowest BCUT2D eigenvalue weighted by molar-refractivity contribution is 0.662. The molecule has 0 saturated heterocycles. The molecule has 9 aromatic rings. The van der Waals surface area contributed by atoms with E-state index in [0.717, 1.165) is 11.2 Å². The zero-order valence-corrected chi connectivity index (χ0v) is 24.0. The van der Waals surface area contributed by atoms with Gasteiger partial charge in [-0.3, -0.25) is 0 Å². The van der Waals surface area contributed by atoms with Crippen molar-refractivity contribution in [2.45, 2.75) is 19.3 Å². The maximum absolute atomic E-state index is 6.84. The topological polar surface area (TPSA) is 18.1 Å². The molecule has 198 valence electrons. The van der Waals surface area contributed by atoms with Gasteiger partial charge in [-0.2, -0.15) is 0 Å². The molecule has 2 nitrogen and oxygen atoms in total. The normalized spacial score (nSPS) is 14.1. The van der Waals surface area contributed by atoms with E-state index in [9.17, 15) is 0 Å². The van der Waals surface area contributed by atoms with Crippen LogP contribution in [0.3, 0.4) is 0 Å². The van der Waals surface area contributed by atoms with Crippen molar-refractivity contribution in [2.24, 2.45) is 0 Å². The van der Waals surface area contributed by atoms with Gasteiger partial charge in [-0.05, 0) is 58.7 Å². The summed E-state index contributed by atoms with van der Waals surface area (Å²) in [4.78, 5) is 0. The third-order valence-corrected chi connectivity index (χ3v) is 10.7. The van der Waals surface area contributed by atoms with Gasteiger partial charge < -0.3 is 8.98 Å². The molecule has 0 atom stereocenters. The minimum absolute atomic E-state index is 0.192. The van der Waals surface area contributed by atoms with E-state index in [1.165, 1.54) is 80.7 Å². The number of thiophene rings is 1. The molecule has 0 unspecified atom stereocenters. The van der Waals surface area contributed by atoms with Crippen LogP contribution in [-0.2, 0) is 5.41 Å². The largest absolute Gasteiger partial charge is 0.455 e. The van der Waals surface area contributed by atoms with Gasteiger partial charge in [-0.15, -0.1) is 11.3 Å². The van der Waals surface area contributed by atoms with Gasteiger partial charge in [0.25, 0.3) is 0 Å². The molecule has 0 spiro atoms. The number of aromatic nitrogens is 1. The van der Waals surface area contributed by atoms with Crippen LogP contribution in [0.5, 0.6) is 0 Å². The fraction of sp³-hybridized carbons (Fsp3) is 0.0769. The number of furan rings is 1. The summed E-state index contributed by atoms with van der Waals surface area (Å²) in [5, 5.41) is 7.46. The summed E-state index contributed by atoms with van der Waals surface area (Å²) in [6, 6.07) is 42.1. The Morgan fingerprint density at radius 2 is 1.36 bits per heavy atom. The second kappa shape index (κ2) is 7.70. The molecule has 42 heavy (non-hydrogen) atoms. The first kappa shape index (κ1) is 22.8. The van der Waals surface area contributed by atoms with E-state index in [2.05, 4.69) is 134 Å². The van der Waals surface area contributed by atoms with E-state index in [4.69, 9.17) is 4.42 Å². The average Bonchev–Trinajstić information content (AvgIpc) is 3.74. The number of para-hydroxylation sites is 2. The van der Waals surface area contributed by atoms with Gasteiger partial charge in [0.2, 0.25) is 0 Å². The Bertz CT molecular complexity index is 2610. The van der Waals surface area contributed by atoms with Gasteiger partial charge in [0.1, 0.15) is 11.2 Å². The summed E-state index contributed by atoms with van der Waals surface area (Å²) in [7, 11) is 0. The molecular weight excluding hydrogens is 531 g/mol. The van der Waals surface area contributed by atoms with Gasteiger partial charge in [0.05, 0.1) is 16.4 Å². The first-order chi connectivity index (χ1) is 20.6. The van der Waals surface area contributed by atoms with Crippen LogP contribution < -0.4 is 0 Å². The molecule has 1 aliphatic carbocycles. The Hall–Kier alpha value is -4.86. The summed E-state index contributed by atoms with van der Waals surface area (Å²) < 4.78 is 12.0. The molecule has 0 N–H and O–H groups in total. The third-order valence-electron chi connectivity index (χ3n) is 9.55. The zero-order valence-electron chi connectivity index (χ0n) is 23.2. The lowest BCUT2D eigenvalue weighted by atomic mass is 9.81. The second-order valence-corrected chi connectivity index (χ2v) is 13.2. The molecule has 0 bridgehead atoms. The van der Waals surface area contributed by atoms with Gasteiger partial charge in [-0.1, -0.05) is 92.7 Å². The first-order valence-corrected chi connectivity index (χ1v) is 15.4.